The highest BCUT2D eigenvalue weighted by Gasteiger charge is 2.22. The first-order valence-corrected chi connectivity index (χ1v) is 8.57. The standard InChI is InChI=1S/C19H17ClN4O/c20-16-4-2-1-3-14(16)11-24-10-7-17-15(12-24)19(25)23-18(22-17)13-5-8-21-9-6-13/h1-6,8-9H,7,10-12H2,(H,22,23,25). The van der Waals surface area contributed by atoms with Crippen molar-refractivity contribution in [2.75, 3.05) is 6.54 Å². The van der Waals surface area contributed by atoms with Gasteiger partial charge in [-0.3, -0.25) is 14.7 Å². The molecule has 0 atom stereocenters. The van der Waals surface area contributed by atoms with Gasteiger partial charge in [-0.2, -0.15) is 0 Å². The number of nitrogens with zero attached hydrogens (tertiary/aromatic N) is 3. The molecule has 0 radical (unpaired) electrons. The van der Waals surface area contributed by atoms with Crippen LogP contribution in [0.4, 0.5) is 0 Å². The van der Waals surface area contributed by atoms with Gasteiger partial charge in [-0.25, -0.2) is 4.98 Å². The maximum Gasteiger partial charge on any atom is 0.255 e. The average Bonchev–Trinajstić information content (AvgIpc) is 2.65. The number of hydrogen-bond donors (Lipinski definition) is 1. The zero-order valence-corrected chi connectivity index (χ0v) is 14.3. The largest absolute Gasteiger partial charge is 0.306 e. The average molecular weight is 353 g/mol. The third kappa shape index (κ3) is 3.34. The van der Waals surface area contributed by atoms with Crippen LogP contribution < -0.4 is 5.56 Å². The van der Waals surface area contributed by atoms with Gasteiger partial charge in [-0.05, 0) is 23.8 Å². The monoisotopic (exact) mass is 352 g/mol. The van der Waals surface area contributed by atoms with E-state index in [9.17, 15) is 4.79 Å². The van der Waals surface area contributed by atoms with E-state index in [0.717, 1.165) is 46.9 Å². The van der Waals surface area contributed by atoms with Crippen molar-refractivity contribution in [2.45, 2.75) is 19.5 Å². The molecule has 1 N–H and O–H groups in total. The number of pyridine rings is 1. The molecule has 3 aromatic rings. The molecule has 0 bridgehead atoms. The fourth-order valence-electron chi connectivity index (χ4n) is 3.13. The number of fused-ring (bicyclic) bond motifs is 1. The summed E-state index contributed by atoms with van der Waals surface area (Å²) in [6, 6.07) is 11.5. The molecule has 126 valence electrons. The Balaban J connectivity index is 1.60. The smallest absolute Gasteiger partial charge is 0.255 e. The van der Waals surface area contributed by atoms with Crippen LogP contribution in [0.5, 0.6) is 0 Å². The molecule has 0 amide bonds. The van der Waals surface area contributed by atoms with Gasteiger partial charge in [0.1, 0.15) is 5.82 Å². The summed E-state index contributed by atoms with van der Waals surface area (Å²) < 4.78 is 0. The lowest BCUT2D eigenvalue weighted by molar-refractivity contribution is 0.242. The zero-order chi connectivity index (χ0) is 17.2. The highest BCUT2D eigenvalue weighted by molar-refractivity contribution is 6.31. The topological polar surface area (TPSA) is 61.9 Å². The van der Waals surface area contributed by atoms with Gasteiger partial charge < -0.3 is 4.98 Å². The minimum atomic E-state index is -0.0688. The summed E-state index contributed by atoms with van der Waals surface area (Å²) in [4.78, 5) is 26.4. The van der Waals surface area contributed by atoms with E-state index in [-0.39, 0.29) is 5.56 Å². The Morgan fingerprint density at radius 1 is 1.16 bits per heavy atom. The van der Waals surface area contributed by atoms with E-state index >= 15 is 0 Å². The van der Waals surface area contributed by atoms with E-state index in [1.807, 2.05) is 36.4 Å². The van der Waals surface area contributed by atoms with Crippen LogP contribution in [0.25, 0.3) is 11.4 Å². The normalized spacial score (nSPS) is 14.3. The van der Waals surface area contributed by atoms with E-state index in [2.05, 4.69) is 19.9 Å². The van der Waals surface area contributed by atoms with E-state index in [0.29, 0.717) is 12.4 Å². The van der Waals surface area contributed by atoms with Crippen molar-refractivity contribution in [1.29, 1.82) is 0 Å². The minimum Gasteiger partial charge on any atom is -0.306 e. The lowest BCUT2D eigenvalue weighted by Gasteiger charge is -2.28. The summed E-state index contributed by atoms with van der Waals surface area (Å²) >= 11 is 6.25. The molecule has 0 aliphatic carbocycles. The van der Waals surface area contributed by atoms with Crippen LogP contribution >= 0.6 is 11.6 Å². The molecule has 0 saturated carbocycles. The Kier molecular flexibility index (Phi) is 4.34. The van der Waals surface area contributed by atoms with E-state index in [1.54, 1.807) is 12.4 Å². The fourth-order valence-corrected chi connectivity index (χ4v) is 3.33. The van der Waals surface area contributed by atoms with Gasteiger partial charge in [-0.1, -0.05) is 29.8 Å². The van der Waals surface area contributed by atoms with Crippen molar-refractivity contribution in [3.05, 3.63) is 81.0 Å². The van der Waals surface area contributed by atoms with Crippen molar-refractivity contribution in [3.8, 4) is 11.4 Å². The van der Waals surface area contributed by atoms with Crippen molar-refractivity contribution < 1.29 is 0 Å². The van der Waals surface area contributed by atoms with Gasteiger partial charge in [0, 0.05) is 49.0 Å². The van der Waals surface area contributed by atoms with E-state index in [4.69, 9.17) is 11.6 Å². The molecule has 4 rings (SSSR count). The summed E-state index contributed by atoms with van der Waals surface area (Å²) in [6.07, 6.45) is 4.14. The fraction of sp³-hybridized carbons (Fsp3) is 0.211. The molecule has 1 aliphatic rings. The van der Waals surface area contributed by atoms with Crippen LogP contribution in [0, 0.1) is 0 Å². The van der Waals surface area contributed by atoms with Crippen LogP contribution in [-0.2, 0) is 19.5 Å². The molecule has 0 fully saturated rings. The van der Waals surface area contributed by atoms with Crippen LogP contribution in [0.1, 0.15) is 16.8 Å². The van der Waals surface area contributed by atoms with Gasteiger partial charge >= 0.3 is 0 Å². The minimum absolute atomic E-state index is 0.0688. The molecule has 5 nitrogen and oxygen atoms in total. The molecule has 0 unspecified atom stereocenters. The molecule has 2 aromatic heterocycles. The second kappa shape index (κ2) is 6.78. The maximum atomic E-state index is 12.6. The molecule has 0 saturated heterocycles. The predicted octanol–water partition coefficient (Wildman–Crippen LogP) is 3.04. The third-order valence-corrected chi connectivity index (χ3v) is 4.82. The van der Waals surface area contributed by atoms with Crippen LogP contribution in [0.15, 0.2) is 53.6 Å². The highest BCUT2D eigenvalue weighted by atomic mass is 35.5. The molecule has 6 heteroatoms. The molecule has 25 heavy (non-hydrogen) atoms. The second-order valence-corrected chi connectivity index (χ2v) is 6.53. The number of H-pyrrole nitrogens is 1. The predicted molar refractivity (Wildman–Crippen MR) is 97.4 cm³/mol. The maximum absolute atomic E-state index is 12.6. The number of aromatic nitrogens is 3. The van der Waals surface area contributed by atoms with Gasteiger partial charge in [0.25, 0.3) is 5.56 Å². The Morgan fingerprint density at radius 2 is 1.96 bits per heavy atom. The molecule has 1 aromatic carbocycles. The molecule has 3 heterocycles. The first-order valence-electron chi connectivity index (χ1n) is 8.19. The van der Waals surface area contributed by atoms with Gasteiger partial charge in [0.2, 0.25) is 0 Å². The summed E-state index contributed by atoms with van der Waals surface area (Å²) in [7, 11) is 0. The number of halogens is 1. The molecule has 1 aliphatic heterocycles. The van der Waals surface area contributed by atoms with Crippen LogP contribution in [0.2, 0.25) is 5.02 Å². The van der Waals surface area contributed by atoms with Crippen LogP contribution in [-0.4, -0.2) is 26.4 Å². The van der Waals surface area contributed by atoms with Crippen molar-refractivity contribution >= 4 is 11.6 Å². The SMILES string of the molecule is O=c1[nH]c(-c2ccncc2)nc2c1CN(Cc1ccccc1Cl)CC2. The Labute approximate surface area is 150 Å². The third-order valence-electron chi connectivity index (χ3n) is 4.45. The molecular formula is C19H17ClN4O. The summed E-state index contributed by atoms with van der Waals surface area (Å²) in [6.45, 7) is 2.16. The summed E-state index contributed by atoms with van der Waals surface area (Å²) in [5.74, 6) is 0.603. The Morgan fingerprint density at radius 3 is 2.76 bits per heavy atom. The van der Waals surface area contributed by atoms with Crippen molar-refractivity contribution in [1.82, 2.24) is 19.9 Å². The quantitative estimate of drug-likeness (QED) is 0.787. The van der Waals surface area contributed by atoms with Gasteiger partial charge in [-0.15, -0.1) is 0 Å². The Hall–Kier alpha value is -2.50. The lowest BCUT2D eigenvalue weighted by Crippen LogP contribution is -2.35. The second-order valence-electron chi connectivity index (χ2n) is 6.13. The highest BCUT2D eigenvalue weighted by Crippen LogP contribution is 2.22. The van der Waals surface area contributed by atoms with Gasteiger partial charge in [0.05, 0.1) is 11.3 Å². The number of rotatable bonds is 3. The number of aromatic amines is 1. The van der Waals surface area contributed by atoms with Crippen molar-refractivity contribution in [3.63, 3.8) is 0 Å². The van der Waals surface area contributed by atoms with Crippen LogP contribution in [0.3, 0.4) is 0 Å². The number of benzene rings is 1. The number of nitrogens with one attached hydrogen (secondary N) is 1. The summed E-state index contributed by atoms with van der Waals surface area (Å²) in [5, 5.41) is 0.758. The van der Waals surface area contributed by atoms with E-state index < -0.39 is 0 Å². The lowest BCUT2D eigenvalue weighted by atomic mass is 10.1. The molecule has 0 spiro atoms. The summed E-state index contributed by atoms with van der Waals surface area (Å²) in [5.41, 5.74) is 3.50. The first kappa shape index (κ1) is 16.0. The zero-order valence-electron chi connectivity index (χ0n) is 13.6. The van der Waals surface area contributed by atoms with Gasteiger partial charge in [0.15, 0.2) is 0 Å². The first-order chi connectivity index (χ1) is 12.2. The van der Waals surface area contributed by atoms with E-state index in [1.165, 1.54) is 0 Å². The molecular weight excluding hydrogens is 336 g/mol. The Bertz CT molecular complexity index is 955. The number of hydrogen-bond acceptors (Lipinski definition) is 4. The van der Waals surface area contributed by atoms with Crippen molar-refractivity contribution in [2.24, 2.45) is 0 Å².